The molecule has 2 atom stereocenters. The molecule has 0 aliphatic carbocycles. The summed E-state index contributed by atoms with van der Waals surface area (Å²) >= 11 is 0. The van der Waals surface area contributed by atoms with Crippen molar-refractivity contribution >= 4 is 17.8 Å². The van der Waals surface area contributed by atoms with E-state index in [4.69, 9.17) is 4.74 Å². The van der Waals surface area contributed by atoms with Crippen molar-refractivity contribution in [3.63, 3.8) is 0 Å². The normalized spacial score (nSPS) is 12.7. The standard InChI is InChI=1S/C28H34F2N6O4/c1-17(2)13-22(24(37)15-36-34-26(33-35-36)25-20(29)11-8-12-21(25)30)31-27(38)23(14-18(3)4)32-28(39)40-16-19-9-6-5-7-10-19/h5-12,17-18,22-23H,13-16H2,1-4H3,(H,31,38)(H,32,39)/t22-,23-/m0/s1. The maximum absolute atomic E-state index is 14.1. The third kappa shape index (κ3) is 8.92. The van der Waals surface area contributed by atoms with E-state index >= 15 is 0 Å². The van der Waals surface area contributed by atoms with Gasteiger partial charge in [0.25, 0.3) is 0 Å². The predicted molar refractivity (Wildman–Crippen MR) is 143 cm³/mol. The van der Waals surface area contributed by atoms with Gasteiger partial charge in [-0.3, -0.25) is 9.59 Å². The molecule has 12 heteroatoms. The summed E-state index contributed by atoms with van der Waals surface area (Å²) in [6.07, 6.45) is -0.131. The number of alkyl carbamates (subject to hydrolysis) is 1. The number of amides is 2. The van der Waals surface area contributed by atoms with Crippen LogP contribution in [0, 0.1) is 23.5 Å². The van der Waals surface area contributed by atoms with Crippen molar-refractivity contribution in [3.8, 4) is 11.4 Å². The zero-order chi connectivity index (χ0) is 29.2. The second-order valence-corrected chi connectivity index (χ2v) is 10.3. The number of halogens is 2. The zero-order valence-corrected chi connectivity index (χ0v) is 22.9. The molecule has 0 unspecified atom stereocenters. The quantitative estimate of drug-likeness (QED) is 0.325. The number of carbonyl (C=O) groups is 3. The average Bonchev–Trinajstić information content (AvgIpc) is 3.34. The lowest BCUT2D eigenvalue weighted by Gasteiger charge is -2.24. The van der Waals surface area contributed by atoms with Gasteiger partial charge in [0.05, 0.1) is 11.6 Å². The Bertz CT molecular complexity index is 1280. The Kier molecular flexibility index (Phi) is 10.8. The van der Waals surface area contributed by atoms with Crippen molar-refractivity contribution in [2.45, 2.75) is 65.8 Å². The van der Waals surface area contributed by atoms with Gasteiger partial charge in [-0.25, -0.2) is 13.6 Å². The van der Waals surface area contributed by atoms with Gasteiger partial charge in [0.1, 0.15) is 30.8 Å². The van der Waals surface area contributed by atoms with Gasteiger partial charge >= 0.3 is 6.09 Å². The number of hydrogen-bond donors (Lipinski definition) is 2. The van der Waals surface area contributed by atoms with Crippen molar-refractivity contribution < 1.29 is 27.9 Å². The highest BCUT2D eigenvalue weighted by atomic mass is 19.1. The minimum atomic E-state index is -0.939. The summed E-state index contributed by atoms with van der Waals surface area (Å²) in [5.41, 5.74) is 0.350. The largest absolute Gasteiger partial charge is 0.445 e. The van der Waals surface area contributed by atoms with Gasteiger partial charge in [-0.05, 0) is 47.6 Å². The molecule has 0 aliphatic heterocycles. The van der Waals surface area contributed by atoms with Crippen LogP contribution in [0.3, 0.4) is 0 Å². The van der Waals surface area contributed by atoms with Crippen LogP contribution in [0.5, 0.6) is 0 Å². The molecule has 214 valence electrons. The van der Waals surface area contributed by atoms with E-state index in [1.807, 2.05) is 58.0 Å². The zero-order valence-electron chi connectivity index (χ0n) is 22.9. The Balaban J connectivity index is 1.67. The van der Waals surface area contributed by atoms with Gasteiger partial charge in [0, 0.05) is 0 Å². The van der Waals surface area contributed by atoms with Gasteiger partial charge in [0.2, 0.25) is 11.7 Å². The number of rotatable bonds is 13. The fraction of sp³-hybridized carbons (Fsp3) is 0.429. The third-order valence-electron chi connectivity index (χ3n) is 5.88. The van der Waals surface area contributed by atoms with Gasteiger partial charge in [-0.15, -0.1) is 10.2 Å². The Labute approximate surface area is 231 Å². The van der Waals surface area contributed by atoms with Crippen LogP contribution < -0.4 is 10.6 Å². The molecule has 0 radical (unpaired) electrons. The summed E-state index contributed by atoms with van der Waals surface area (Å²) in [6, 6.07) is 10.6. The van der Waals surface area contributed by atoms with Crippen LogP contribution in [0.25, 0.3) is 11.4 Å². The number of tetrazole rings is 1. The van der Waals surface area contributed by atoms with Crippen molar-refractivity contribution in [2.24, 2.45) is 11.8 Å². The molecule has 2 amide bonds. The summed E-state index contributed by atoms with van der Waals surface area (Å²) in [5, 5.41) is 16.7. The van der Waals surface area contributed by atoms with E-state index in [1.54, 1.807) is 0 Å². The molecule has 0 aliphatic rings. The van der Waals surface area contributed by atoms with Crippen LogP contribution in [0.4, 0.5) is 13.6 Å². The van der Waals surface area contributed by atoms with E-state index < -0.39 is 47.1 Å². The lowest BCUT2D eigenvalue weighted by molar-refractivity contribution is -0.130. The minimum absolute atomic E-state index is 0.0355. The number of Topliss-reactive ketones (excluding diaryl/α,β-unsaturated/α-hetero) is 1. The smallest absolute Gasteiger partial charge is 0.408 e. The number of nitrogens with zero attached hydrogens (tertiary/aromatic N) is 4. The second-order valence-electron chi connectivity index (χ2n) is 10.3. The topological polar surface area (TPSA) is 128 Å². The predicted octanol–water partition coefficient (Wildman–Crippen LogP) is 4.06. The molecule has 3 rings (SSSR count). The van der Waals surface area contributed by atoms with Crippen molar-refractivity contribution in [3.05, 3.63) is 65.7 Å². The molecule has 0 fully saturated rings. The van der Waals surface area contributed by atoms with Crippen LogP contribution >= 0.6 is 0 Å². The Morgan fingerprint density at radius 3 is 2.12 bits per heavy atom. The molecule has 0 spiro atoms. The van der Waals surface area contributed by atoms with Crippen molar-refractivity contribution in [2.75, 3.05) is 0 Å². The molecule has 10 nitrogen and oxygen atoms in total. The van der Waals surface area contributed by atoms with E-state index in [9.17, 15) is 23.2 Å². The number of benzene rings is 2. The minimum Gasteiger partial charge on any atom is -0.445 e. The molecule has 40 heavy (non-hydrogen) atoms. The lowest BCUT2D eigenvalue weighted by atomic mass is 9.98. The lowest BCUT2D eigenvalue weighted by Crippen LogP contribution is -2.52. The van der Waals surface area contributed by atoms with Gasteiger partial charge in [-0.1, -0.05) is 64.1 Å². The van der Waals surface area contributed by atoms with Crippen LogP contribution in [-0.4, -0.2) is 50.1 Å². The molecule has 2 aromatic carbocycles. The summed E-state index contributed by atoms with van der Waals surface area (Å²) in [7, 11) is 0. The number of nitrogens with one attached hydrogen (secondary N) is 2. The first-order valence-corrected chi connectivity index (χ1v) is 13.1. The molecule has 0 saturated carbocycles. The molecule has 1 heterocycles. The summed E-state index contributed by atoms with van der Waals surface area (Å²) < 4.78 is 33.5. The first kappa shape index (κ1) is 30.3. The molecule has 3 aromatic rings. The van der Waals surface area contributed by atoms with Gasteiger partial charge in [0.15, 0.2) is 5.78 Å². The van der Waals surface area contributed by atoms with Crippen molar-refractivity contribution in [1.29, 1.82) is 0 Å². The number of carbonyl (C=O) groups excluding carboxylic acids is 3. The summed E-state index contributed by atoms with van der Waals surface area (Å²) in [4.78, 5) is 39.8. The molecule has 0 bridgehead atoms. The second kappa shape index (κ2) is 14.2. The van der Waals surface area contributed by atoms with Crippen LogP contribution in [0.15, 0.2) is 48.5 Å². The molecular weight excluding hydrogens is 522 g/mol. The van der Waals surface area contributed by atoms with E-state index in [0.29, 0.717) is 12.8 Å². The number of ether oxygens (including phenoxy) is 1. The molecular formula is C28H34F2N6O4. The monoisotopic (exact) mass is 556 g/mol. The van der Waals surface area contributed by atoms with Crippen LogP contribution in [0.2, 0.25) is 0 Å². The van der Waals surface area contributed by atoms with Crippen molar-refractivity contribution in [1.82, 2.24) is 30.8 Å². The van der Waals surface area contributed by atoms with E-state index in [-0.39, 0.29) is 30.8 Å². The van der Waals surface area contributed by atoms with Gasteiger partial charge in [-0.2, -0.15) is 4.80 Å². The van der Waals surface area contributed by atoms with Gasteiger partial charge < -0.3 is 15.4 Å². The van der Waals surface area contributed by atoms with Crippen LogP contribution in [0.1, 0.15) is 46.1 Å². The SMILES string of the molecule is CC(C)C[C@H](NC(=O)[C@H](CC(C)C)NC(=O)OCc1ccccc1)C(=O)Cn1nnc(-c2c(F)cccc2F)n1. The summed E-state index contributed by atoms with van der Waals surface area (Å²) in [6.45, 7) is 7.25. The number of ketones is 1. The maximum Gasteiger partial charge on any atom is 0.408 e. The fourth-order valence-electron chi connectivity index (χ4n) is 4.00. The average molecular weight is 557 g/mol. The first-order chi connectivity index (χ1) is 19.0. The Hall–Kier alpha value is -4.22. The first-order valence-electron chi connectivity index (χ1n) is 13.1. The third-order valence-corrected chi connectivity index (χ3v) is 5.88. The summed E-state index contributed by atoms with van der Waals surface area (Å²) in [5.74, 6) is -2.90. The van der Waals surface area contributed by atoms with E-state index in [2.05, 4.69) is 26.0 Å². The molecule has 2 N–H and O–H groups in total. The molecule has 1 aromatic heterocycles. The highest BCUT2D eigenvalue weighted by Gasteiger charge is 2.29. The van der Waals surface area contributed by atoms with E-state index in [0.717, 1.165) is 22.5 Å². The highest BCUT2D eigenvalue weighted by molar-refractivity contribution is 5.92. The highest BCUT2D eigenvalue weighted by Crippen LogP contribution is 2.21. The fourth-order valence-corrected chi connectivity index (χ4v) is 4.00. The molecule has 0 saturated heterocycles. The maximum atomic E-state index is 14.1. The number of hydrogen-bond acceptors (Lipinski definition) is 7. The van der Waals surface area contributed by atoms with E-state index in [1.165, 1.54) is 6.07 Å². The van der Waals surface area contributed by atoms with Crippen LogP contribution in [-0.2, 0) is 27.5 Å². The Morgan fingerprint density at radius 1 is 0.875 bits per heavy atom. The number of aromatic nitrogens is 4. The Morgan fingerprint density at radius 2 is 1.50 bits per heavy atom.